The molecule has 0 fully saturated rings. The predicted molar refractivity (Wildman–Crippen MR) is 96.8 cm³/mol. The number of rotatable bonds is 5. The third-order valence-corrected chi connectivity index (χ3v) is 4.28. The fraction of sp³-hybridized carbons (Fsp3) is 0.222. The van der Waals surface area contributed by atoms with E-state index in [1.807, 2.05) is 0 Å². The molecular weight excluding hydrogens is 381 g/mol. The molecule has 9 heteroatoms. The van der Waals surface area contributed by atoms with Gasteiger partial charge in [-0.05, 0) is 53.7 Å². The van der Waals surface area contributed by atoms with Crippen LogP contribution in [-0.2, 0) is 11.2 Å². The molecule has 0 unspecified atom stereocenters. The molecule has 0 saturated carbocycles. The molecule has 0 spiro atoms. The maximum absolute atomic E-state index is 12.1. The van der Waals surface area contributed by atoms with Crippen LogP contribution in [0.5, 0.6) is 5.75 Å². The second kappa shape index (κ2) is 8.81. The molecule has 2 aromatic rings. The first-order valence-electron chi connectivity index (χ1n) is 7.76. The Morgan fingerprint density at radius 2 is 1.63 bits per heavy atom. The standard InChI is InChI=1S/C18H17F3N2O3S/c1-23(2)17(25)27-15-9-5-13(6-10-15)22-16(24)11-12-3-7-14(8-4-12)26-18(19,20)21/h3-10H,11H2,1-2H3,(H,22,24). The zero-order valence-electron chi connectivity index (χ0n) is 14.5. The predicted octanol–water partition coefficient (Wildman–Crippen LogP) is 4.54. The molecule has 1 N–H and O–H groups in total. The highest BCUT2D eigenvalue weighted by Gasteiger charge is 2.30. The van der Waals surface area contributed by atoms with Gasteiger partial charge in [0.15, 0.2) is 0 Å². The number of halogens is 3. The highest BCUT2D eigenvalue weighted by atomic mass is 32.2. The molecule has 5 nitrogen and oxygen atoms in total. The third-order valence-electron chi connectivity index (χ3n) is 3.23. The number of amides is 2. The summed E-state index contributed by atoms with van der Waals surface area (Å²) in [5, 5.41) is 2.59. The van der Waals surface area contributed by atoms with E-state index >= 15 is 0 Å². The highest BCUT2D eigenvalue weighted by Crippen LogP contribution is 2.24. The molecule has 0 heterocycles. The zero-order chi connectivity index (χ0) is 20.0. The van der Waals surface area contributed by atoms with Crippen LogP contribution in [0.2, 0.25) is 0 Å². The summed E-state index contributed by atoms with van der Waals surface area (Å²) >= 11 is 1.07. The highest BCUT2D eigenvalue weighted by molar-refractivity contribution is 8.13. The van der Waals surface area contributed by atoms with Crippen molar-refractivity contribution in [1.82, 2.24) is 4.90 Å². The second-order valence-corrected chi connectivity index (χ2v) is 6.73. The van der Waals surface area contributed by atoms with Crippen molar-refractivity contribution < 1.29 is 27.5 Å². The van der Waals surface area contributed by atoms with Crippen molar-refractivity contribution in [2.45, 2.75) is 17.7 Å². The minimum Gasteiger partial charge on any atom is -0.406 e. The van der Waals surface area contributed by atoms with E-state index in [4.69, 9.17) is 0 Å². The van der Waals surface area contributed by atoms with Gasteiger partial charge in [0.1, 0.15) is 5.75 Å². The lowest BCUT2D eigenvalue weighted by molar-refractivity contribution is -0.274. The fourth-order valence-corrected chi connectivity index (χ4v) is 2.65. The molecule has 27 heavy (non-hydrogen) atoms. The van der Waals surface area contributed by atoms with Gasteiger partial charge in [-0.3, -0.25) is 9.59 Å². The van der Waals surface area contributed by atoms with Crippen LogP contribution in [0.15, 0.2) is 53.4 Å². The Kier molecular flexibility index (Phi) is 6.73. The Labute approximate surface area is 158 Å². The summed E-state index contributed by atoms with van der Waals surface area (Å²) in [6.07, 6.45) is -4.75. The molecule has 0 aliphatic rings. The molecule has 0 aromatic heterocycles. The van der Waals surface area contributed by atoms with Crippen LogP contribution in [0.4, 0.5) is 23.7 Å². The summed E-state index contributed by atoms with van der Waals surface area (Å²) in [5.41, 5.74) is 1.10. The average Bonchev–Trinajstić information content (AvgIpc) is 2.57. The third kappa shape index (κ3) is 7.22. The van der Waals surface area contributed by atoms with Gasteiger partial charge in [-0.2, -0.15) is 0 Å². The number of hydrogen-bond acceptors (Lipinski definition) is 4. The van der Waals surface area contributed by atoms with E-state index < -0.39 is 6.36 Å². The number of benzene rings is 2. The molecule has 0 aliphatic heterocycles. The van der Waals surface area contributed by atoms with Gasteiger partial charge in [-0.15, -0.1) is 13.2 Å². The van der Waals surface area contributed by atoms with Crippen LogP contribution in [0.25, 0.3) is 0 Å². The molecule has 0 atom stereocenters. The largest absolute Gasteiger partial charge is 0.573 e. The maximum Gasteiger partial charge on any atom is 0.573 e. The summed E-state index contributed by atoms with van der Waals surface area (Å²) in [7, 11) is 3.32. The molecule has 2 rings (SSSR count). The van der Waals surface area contributed by atoms with Gasteiger partial charge in [-0.25, -0.2) is 0 Å². The molecule has 0 radical (unpaired) electrons. The van der Waals surface area contributed by atoms with Gasteiger partial charge in [0.05, 0.1) is 6.42 Å². The van der Waals surface area contributed by atoms with E-state index in [0.29, 0.717) is 11.3 Å². The SMILES string of the molecule is CN(C)C(=O)Sc1ccc(NC(=O)Cc2ccc(OC(F)(F)F)cc2)cc1. The van der Waals surface area contributed by atoms with Crippen LogP contribution < -0.4 is 10.1 Å². The summed E-state index contributed by atoms with van der Waals surface area (Å²) < 4.78 is 40.2. The van der Waals surface area contributed by atoms with Crippen LogP contribution in [0.1, 0.15) is 5.56 Å². The number of carbonyl (C=O) groups excluding carboxylic acids is 2. The van der Waals surface area contributed by atoms with Gasteiger partial charge in [-0.1, -0.05) is 12.1 Å². The maximum atomic E-state index is 12.1. The first-order valence-corrected chi connectivity index (χ1v) is 8.58. The van der Waals surface area contributed by atoms with Gasteiger partial charge in [0.25, 0.3) is 5.24 Å². The van der Waals surface area contributed by atoms with Crippen molar-refractivity contribution in [3.63, 3.8) is 0 Å². The van der Waals surface area contributed by atoms with Crippen LogP contribution in [-0.4, -0.2) is 36.5 Å². The van der Waals surface area contributed by atoms with E-state index in [2.05, 4.69) is 10.1 Å². The molecular formula is C18H17F3N2O3S. The lowest BCUT2D eigenvalue weighted by atomic mass is 10.1. The quantitative estimate of drug-likeness (QED) is 0.752. The Bertz CT molecular complexity index is 791. The summed E-state index contributed by atoms with van der Waals surface area (Å²) in [6, 6.07) is 11.9. The van der Waals surface area contributed by atoms with E-state index in [0.717, 1.165) is 28.8 Å². The number of ether oxygens (including phenoxy) is 1. The van der Waals surface area contributed by atoms with Gasteiger partial charge < -0.3 is 15.0 Å². The lowest BCUT2D eigenvalue weighted by Crippen LogP contribution is -2.17. The van der Waals surface area contributed by atoms with E-state index in [9.17, 15) is 22.8 Å². The van der Waals surface area contributed by atoms with Gasteiger partial charge >= 0.3 is 6.36 Å². The monoisotopic (exact) mass is 398 g/mol. The number of nitrogens with one attached hydrogen (secondary N) is 1. The van der Waals surface area contributed by atoms with Crippen molar-refractivity contribution in [1.29, 1.82) is 0 Å². The van der Waals surface area contributed by atoms with E-state index in [-0.39, 0.29) is 23.3 Å². The van der Waals surface area contributed by atoms with E-state index in [1.165, 1.54) is 17.0 Å². The number of carbonyl (C=O) groups is 2. The number of anilines is 1. The van der Waals surface area contributed by atoms with Crippen LogP contribution in [0, 0.1) is 0 Å². The molecule has 2 amide bonds. The first-order chi connectivity index (χ1) is 12.6. The topological polar surface area (TPSA) is 58.6 Å². The number of alkyl halides is 3. The van der Waals surface area contributed by atoms with Crippen molar-refractivity contribution in [2.75, 3.05) is 19.4 Å². The smallest absolute Gasteiger partial charge is 0.406 e. The van der Waals surface area contributed by atoms with Crippen molar-refractivity contribution in [2.24, 2.45) is 0 Å². The Hall–Kier alpha value is -2.68. The molecule has 0 saturated heterocycles. The van der Waals surface area contributed by atoms with Crippen molar-refractivity contribution in [3.8, 4) is 5.75 Å². The Morgan fingerprint density at radius 3 is 2.15 bits per heavy atom. The minimum absolute atomic E-state index is 0.00190. The fourth-order valence-electron chi connectivity index (χ4n) is 2.00. The number of thioether (sulfide) groups is 1. The molecule has 0 aliphatic carbocycles. The number of hydrogen-bond donors (Lipinski definition) is 1. The average molecular weight is 398 g/mol. The van der Waals surface area contributed by atoms with Gasteiger partial charge in [0, 0.05) is 24.7 Å². The minimum atomic E-state index is -4.75. The van der Waals surface area contributed by atoms with Crippen LogP contribution >= 0.6 is 11.8 Å². The molecule has 144 valence electrons. The Balaban J connectivity index is 1.89. The van der Waals surface area contributed by atoms with Crippen LogP contribution in [0.3, 0.4) is 0 Å². The van der Waals surface area contributed by atoms with Crippen molar-refractivity contribution >= 4 is 28.6 Å². The normalized spacial score (nSPS) is 11.0. The van der Waals surface area contributed by atoms with Gasteiger partial charge in [0.2, 0.25) is 5.91 Å². The zero-order valence-corrected chi connectivity index (χ0v) is 15.4. The van der Waals surface area contributed by atoms with Crippen molar-refractivity contribution in [3.05, 3.63) is 54.1 Å². The number of nitrogens with zero attached hydrogens (tertiary/aromatic N) is 1. The first kappa shape index (κ1) is 20.6. The van der Waals surface area contributed by atoms with E-state index in [1.54, 1.807) is 38.4 Å². The molecule has 0 bridgehead atoms. The summed E-state index contributed by atoms with van der Waals surface area (Å²) in [5.74, 6) is -0.656. The Morgan fingerprint density at radius 1 is 1.04 bits per heavy atom. The second-order valence-electron chi connectivity index (χ2n) is 5.70. The summed E-state index contributed by atoms with van der Waals surface area (Å²) in [6.45, 7) is 0. The summed E-state index contributed by atoms with van der Waals surface area (Å²) in [4.78, 5) is 25.9. The molecule has 2 aromatic carbocycles. The lowest BCUT2D eigenvalue weighted by Gasteiger charge is -2.10.